The van der Waals surface area contributed by atoms with Crippen LogP contribution in [0.15, 0.2) is 34.9 Å². The summed E-state index contributed by atoms with van der Waals surface area (Å²) < 4.78 is 0. The van der Waals surface area contributed by atoms with Gasteiger partial charge in [-0.1, -0.05) is 60.1 Å². The number of rotatable bonds is 1. The average molecular weight is 487 g/mol. The number of carbonyl (C=O) groups is 2. The van der Waals surface area contributed by atoms with Gasteiger partial charge in [-0.05, 0) is 91.6 Å². The van der Waals surface area contributed by atoms with Crippen LogP contribution in [0.2, 0.25) is 0 Å². The van der Waals surface area contributed by atoms with Crippen LogP contribution in [0.25, 0.3) is 0 Å². The third-order valence-corrected chi connectivity index (χ3v) is 12.1. The molecule has 0 N–H and O–H groups in total. The molecule has 5 aliphatic rings. The first-order chi connectivity index (χ1) is 16.6. The van der Waals surface area contributed by atoms with Crippen LogP contribution in [0.4, 0.5) is 0 Å². The monoisotopic (exact) mass is 486 g/mol. The Morgan fingerprint density at radius 2 is 1.67 bits per heavy atom. The van der Waals surface area contributed by atoms with Crippen molar-refractivity contribution in [1.29, 1.82) is 5.26 Å². The van der Waals surface area contributed by atoms with Gasteiger partial charge in [0.1, 0.15) is 6.07 Å². The molecule has 4 nitrogen and oxygen atoms in total. The summed E-state index contributed by atoms with van der Waals surface area (Å²) in [6.07, 6.45) is 10.7. The molecule has 36 heavy (non-hydrogen) atoms. The number of fused-ring (bicyclic) bond motifs is 7. The van der Waals surface area contributed by atoms with Crippen molar-refractivity contribution in [1.82, 2.24) is 0 Å². The third kappa shape index (κ3) is 2.96. The first-order valence-electron chi connectivity index (χ1n) is 13.8. The lowest BCUT2D eigenvalue weighted by molar-refractivity contribution is -0.158. The van der Waals surface area contributed by atoms with Crippen molar-refractivity contribution in [2.75, 3.05) is 0 Å². The number of hydrogen-bond acceptors (Lipinski definition) is 4. The Hall–Kier alpha value is -2.24. The summed E-state index contributed by atoms with van der Waals surface area (Å²) in [7, 11) is 0. The number of allylic oxidation sites excluding steroid dienone is 4. The number of Topliss-reactive ketones (excluding diaryl/α,β-unsaturated/α-hetero) is 1. The molecule has 5 rings (SSSR count). The fourth-order valence-electron chi connectivity index (χ4n) is 9.96. The van der Waals surface area contributed by atoms with E-state index in [-0.39, 0.29) is 56.7 Å². The van der Waals surface area contributed by atoms with Crippen LogP contribution in [0.3, 0.4) is 0 Å². The fourth-order valence-corrected chi connectivity index (χ4v) is 9.96. The minimum Gasteiger partial charge on any atom is -0.295 e. The molecule has 0 aliphatic heterocycles. The maximum Gasteiger partial charge on any atom is 0.178 e. The molecule has 4 heteroatoms. The smallest absolute Gasteiger partial charge is 0.178 e. The molecule has 5 aliphatic carbocycles. The molecular formula is C32H42N2O2. The van der Waals surface area contributed by atoms with Crippen LogP contribution < -0.4 is 0 Å². The second-order valence-electron chi connectivity index (χ2n) is 14.6. The Balaban J connectivity index is 1.71. The van der Waals surface area contributed by atoms with Crippen molar-refractivity contribution in [3.63, 3.8) is 0 Å². The van der Waals surface area contributed by atoms with E-state index in [1.54, 1.807) is 0 Å². The van der Waals surface area contributed by atoms with Gasteiger partial charge in [-0.25, -0.2) is 4.99 Å². The summed E-state index contributed by atoms with van der Waals surface area (Å²) in [5.41, 5.74) is -0.172. The van der Waals surface area contributed by atoms with E-state index < -0.39 is 10.8 Å². The van der Waals surface area contributed by atoms with E-state index >= 15 is 0 Å². The number of aliphatic imine (C=N–C) groups is 1. The van der Waals surface area contributed by atoms with E-state index in [1.807, 2.05) is 26.0 Å². The average Bonchev–Trinajstić information content (AvgIpc) is 2.79. The number of hydrogen-bond donors (Lipinski definition) is 0. The Bertz CT molecular complexity index is 1210. The molecule has 3 saturated carbocycles. The van der Waals surface area contributed by atoms with Crippen LogP contribution in [-0.4, -0.2) is 23.0 Å². The van der Waals surface area contributed by atoms with Crippen LogP contribution in [0.5, 0.6) is 0 Å². The van der Waals surface area contributed by atoms with E-state index in [0.717, 1.165) is 50.5 Å². The maximum absolute atomic E-state index is 14.3. The highest BCUT2D eigenvalue weighted by Gasteiger charge is 2.69. The molecule has 0 spiro atoms. The molecule has 0 aromatic heterocycles. The quantitative estimate of drug-likeness (QED) is 0.382. The zero-order valence-corrected chi connectivity index (χ0v) is 23.3. The van der Waals surface area contributed by atoms with Gasteiger partial charge in [0, 0.05) is 16.7 Å². The van der Waals surface area contributed by atoms with Gasteiger partial charge in [-0.2, -0.15) is 5.26 Å². The Kier molecular flexibility index (Phi) is 5.23. The summed E-state index contributed by atoms with van der Waals surface area (Å²) in [4.78, 5) is 32.4. The van der Waals surface area contributed by atoms with Gasteiger partial charge in [0.15, 0.2) is 11.6 Å². The number of ketones is 2. The van der Waals surface area contributed by atoms with E-state index in [1.165, 1.54) is 0 Å². The molecule has 0 aromatic carbocycles. The molecule has 3 fully saturated rings. The van der Waals surface area contributed by atoms with Crippen molar-refractivity contribution in [3.05, 3.63) is 29.9 Å². The second kappa shape index (κ2) is 7.41. The highest BCUT2D eigenvalue weighted by molar-refractivity contribution is 6.04. The molecular weight excluding hydrogens is 444 g/mol. The Morgan fingerprint density at radius 1 is 1.00 bits per heavy atom. The zero-order chi connectivity index (χ0) is 26.5. The SMILES string of the molecule is C=C=N[C@]12CCC(C)(C)C[C@H]1[C@H]1C(=O)C=C3[C@@]4(C)C=C(C#N)C(=O)C(C)(C)[C@@H]4CC[C@@]3(C)[C@]1(C)CC2. The summed E-state index contributed by atoms with van der Waals surface area (Å²) in [5, 5.41) is 9.86. The molecule has 7 atom stereocenters. The van der Waals surface area contributed by atoms with E-state index in [9.17, 15) is 14.9 Å². The molecule has 0 amide bonds. The topological polar surface area (TPSA) is 70.3 Å². The van der Waals surface area contributed by atoms with Crippen molar-refractivity contribution < 1.29 is 9.59 Å². The molecule has 0 heterocycles. The van der Waals surface area contributed by atoms with Crippen LogP contribution >= 0.6 is 0 Å². The predicted octanol–water partition coefficient (Wildman–Crippen LogP) is 6.81. The van der Waals surface area contributed by atoms with Gasteiger partial charge in [-0.3, -0.25) is 9.59 Å². The predicted molar refractivity (Wildman–Crippen MR) is 142 cm³/mol. The highest BCUT2D eigenvalue weighted by Crippen LogP contribution is 2.73. The number of carbonyl (C=O) groups excluding carboxylic acids is 2. The molecule has 0 bridgehead atoms. The lowest BCUT2D eigenvalue weighted by Crippen LogP contribution is -2.66. The molecule has 0 radical (unpaired) electrons. The lowest BCUT2D eigenvalue weighted by atomic mass is 9.35. The largest absolute Gasteiger partial charge is 0.295 e. The summed E-state index contributed by atoms with van der Waals surface area (Å²) >= 11 is 0. The van der Waals surface area contributed by atoms with Gasteiger partial charge < -0.3 is 0 Å². The van der Waals surface area contributed by atoms with E-state index in [2.05, 4.69) is 53.1 Å². The minimum atomic E-state index is -0.634. The lowest BCUT2D eigenvalue weighted by Gasteiger charge is -2.68. The van der Waals surface area contributed by atoms with Crippen molar-refractivity contribution >= 4 is 17.4 Å². The fraction of sp³-hybridized carbons (Fsp3) is 0.719. The summed E-state index contributed by atoms with van der Waals surface area (Å²) in [6.45, 7) is 19.4. The molecule has 0 unspecified atom stereocenters. The first kappa shape index (κ1) is 25.4. The standard InChI is InChI=1S/C32H42N2O2/c1-9-34-32-14-12-27(2,3)18-21(32)25-22(35)16-24-29(6)17-20(19-33)26(36)28(4,5)23(29)10-11-30(24,7)31(25,8)13-15-32/h16-17,21,23,25H,1,10-15,18H2,2-8H3/t21-,23-,25-,29-,30+,31+,32-/m0/s1. The third-order valence-electron chi connectivity index (χ3n) is 12.1. The Labute approximate surface area is 217 Å². The maximum atomic E-state index is 14.3. The van der Waals surface area contributed by atoms with Gasteiger partial charge in [0.2, 0.25) is 0 Å². The summed E-state index contributed by atoms with van der Waals surface area (Å²) in [5.74, 6) is 3.21. The van der Waals surface area contributed by atoms with Gasteiger partial charge in [0.25, 0.3) is 0 Å². The van der Waals surface area contributed by atoms with Gasteiger partial charge >= 0.3 is 0 Å². The van der Waals surface area contributed by atoms with Crippen molar-refractivity contribution in [2.45, 2.75) is 99.0 Å². The first-order valence-corrected chi connectivity index (χ1v) is 13.8. The van der Waals surface area contributed by atoms with E-state index in [0.29, 0.717) is 0 Å². The van der Waals surface area contributed by atoms with Crippen LogP contribution in [0.1, 0.15) is 93.4 Å². The van der Waals surface area contributed by atoms with Gasteiger partial charge in [-0.15, -0.1) is 0 Å². The molecule has 192 valence electrons. The highest BCUT2D eigenvalue weighted by atomic mass is 16.1. The van der Waals surface area contributed by atoms with Crippen molar-refractivity contribution in [2.24, 2.45) is 49.8 Å². The van der Waals surface area contributed by atoms with Crippen molar-refractivity contribution in [3.8, 4) is 6.07 Å². The second-order valence-corrected chi connectivity index (χ2v) is 14.6. The molecule has 0 aromatic rings. The van der Waals surface area contributed by atoms with Crippen LogP contribution in [0, 0.1) is 56.2 Å². The van der Waals surface area contributed by atoms with Gasteiger partial charge in [0.05, 0.1) is 11.1 Å². The van der Waals surface area contributed by atoms with Crippen LogP contribution in [-0.2, 0) is 9.59 Å². The number of nitriles is 1. The van der Waals surface area contributed by atoms with E-state index in [4.69, 9.17) is 4.99 Å². The molecule has 0 saturated heterocycles. The summed E-state index contributed by atoms with van der Waals surface area (Å²) in [6, 6.07) is 2.19. The minimum absolute atomic E-state index is 0.0583. The zero-order valence-electron chi connectivity index (χ0n) is 23.3. The number of nitrogens with zero attached hydrogens (tertiary/aromatic N) is 2. The normalized spacial score (nSPS) is 46.4. The Morgan fingerprint density at radius 3 is 2.31 bits per heavy atom.